The molecule has 0 saturated carbocycles. The van der Waals surface area contributed by atoms with E-state index in [1.807, 2.05) is 79.7 Å². The van der Waals surface area contributed by atoms with Crippen LogP contribution in [0.25, 0.3) is 33.7 Å². The Labute approximate surface area is 192 Å². The molecular formula is C26H23N3O3S. The Balaban J connectivity index is 1.69. The highest BCUT2D eigenvalue weighted by molar-refractivity contribution is 7.92. The quantitative estimate of drug-likeness (QED) is 0.338. The number of furan rings is 1. The third-order valence-electron chi connectivity index (χ3n) is 5.69. The van der Waals surface area contributed by atoms with Gasteiger partial charge in [0.25, 0.3) is 0 Å². The van der Waals surface area contributed by atoms with Crippen molar-refractivity contribution < 1.29 is 12.8 Å². The molecule has 166 valence electrons. The third kappa shape index (κ3) is 3.91. The maximum atomic E-state index is 12.8. The Morgan fingerprint density at radius 3 is 2.30 bits per heavy atom. The molecule has 0 radical (unpaired) electrons. The summed E-state index contributed by atoms with van der Waals surface area (Å²) >= 11 is 0. The van der Waals surface area contributed by atoms with Gasteiger partial charge in [0, 0.05) is 29.4 Å². The van der Waals surface area contributed by atoms with E-state index in [1.165, 1.54) is 10.6 Å². The van der Waals surface area contributed by atoms with E-state index in [-0.39, 0.29) is 6.04 Å². The van der Waals surface area contributed by atoms with Crippen LogP contribution in [0.3, 0.4) is 0 Å². The van der Waals surface area contributed by atoms with E-state index in [2.05, 4.69) is 9.97 Å². The van der Waals surface area contributed by atoms with Crippen molar-refractivity contribution in [1.82, 2.24) is 9.97 Å². The lowest BCUT2D eigenvalue weighted by Gasteiger charge is -2.29. The molecule has 0 fully saturated rings. The second kappa shape index (κ2) is 8.26. The molecule has 1 N–H and O–H groups in total. The Kier molecular flexibility index (Phi) is 5.26. The normalized spacial score (nSPS) is 12.7. The van der Waals surface area contributed by atoms with Gasteiger partial charge >= 0.3 is 0 Å². The van der Waals surface area contributed by atoms with Crippen molar-refractivity contribution in [3.05, 3.63) is 96.8 Å². The summed E-state index contributed by atoms with van der Waals surface area (Å²) in [7, 11) is -3.56. The van der Waals surface area contributed by atoms with Gasteiger partial charge in [-0.25, -0.2) is 13.4 Å². The Bertz CT molecular complexity index is 1490. The van der Waals surface area contributed by atoms with Gasteiger partial charge in [0.1, 0.15) is 17.2 Å². The van der Waals surface area contributed by atoms with E-state index >= 15 is 0 Å². The van der Waals surface area contributed by atoms with Crippen molar-refractivity contribution in [2.75, 3.05) is 10.6 Å². The average Bonchev–Trinajstić information content (AvgIpc) is 3.47. The van der Waals surface area contributed by atoms with Gasteiger partial charge in [-0.1, -0.05) is 60.7 Å². The molecule has 0 spiro atoms. The first kappa shape index (κ1) is 21.0. The molecule has 6 nitrogen and oxygen atoms in total. The molecule has 5 aromatic rings. The second-order valence-corrected chi connectivity index (χ2v) is 9.80. The van der Waals surface area contributed by atoms with E-state index in [0.717, 1.165) is 22.1 Å². The summed E-state index contributed by atoms with van der Waals surface area (Å²) in [5, 5.41) is 0.855. The zero-order valence-electron chi connectivity index (χ0n) is 18.3. The molecule has 0 aliphatic carbocycles. The number of fused-ring (bicyclic) bond motifs is 1. The third-order valence-corrected chi connectivity index (χ3v) is 6.93. The summed E-state index contributed by atoms with van der Waals surface area (Å²) in [6.07, 6.45) is 4.69. The van der Waals surface area contributed by atoms with Crippen LogP contribution in [-0.4, -0.2) is 24.6 Å². The highest BCUT2D eigenvalue weighted by atomic mass is 32.2. The number of imidazole rings is 1. The van der Waals surface area contributed by atoms with Crippen LogP contribution in [-0.2, 0) is 10.0 Å². The Morgan fingerprint density at radius 1 is 0.970 bits per heavy atom. The van der Waals surface area contributed by atoms with Crippen LogP contribution in [0.15, 0.2) is 95.7 Å². The molecular weight excluding hydrogens is 434 g/mol. The number of sulfonamides is 1. The number of rotatable bonds is 6. The lowest BCUT2D eigenvalue weighted by molar-refractivity contribution is 0.588. The average molecular weight is 458 g/mol. The number of anilines is 1. The number of hydrogen-bond acceptors (Lipinski definition) is 4. The number of nitrogens with zero attached hydrogens (tertiary/aromatic N) is 2. The molecule has 0 saturated heterocycles. The van der Waals surface area contributed by atoms with E-state index in [1.54, 1.807) is 18.5 Å². The minimum absolute atomic E-state index is 0.383. The lowest BCUT2D eigenvalue weighted by atomic mass is 10.0. The molecule has 2 aromatic heterocycles. The molecule has 5 rings (SSSR count). The fraction of sp³-hybridized carbons (Fsp3) is 0.115. The van der Waals surface area contributed by atoms with Crippen LogP contribution in [0.5, 0.6) is 0 Å². The van der Waals surface area contributed by atoms with Gasteiger partial charge in [-0.2, -0.15) is 0 Å². The number of hydrogen-bond donors (Lipinski definition) is 1. The number of nitrogens with one attached hydrogen (secondary N) is 1. The first-order valence-electron chi connectivity index (χ1n) is 10.6. The van der Waals surface area contributed by atoms with Crippen LogP contribution < -0.4 is 4.31 Å². The molecule has 1 unspecified atom stereocenters. The van der Waals surface area contributed by atoms with Gasteiger partial charge in [-0.05, 0) is 24.6 Å². The molecule has 0 aliphatic heterocycles. The summed E-state index contributed by atoms with van der Waals surface area (Å²) in [4.78, 5) is 7.60. The predicted molar refractivity (Wildman–Crippen MR) is 131 cm³/mol. The van der Waals surface area contributed by atoms with Crippen molar-refractivity contribution >= 4 is 26.7 Å². The highest BCUT2D eigenvalue weighted by Gasteiger charge is 2.27. The zero-order valence-corrected chi connectivity index (χ0v) is 19.1. The predicted octanol–water partition coefficient (Wildman–Crippen LogP) is 6.02. The van der Waals surface area contributed by atoms with Gasteiger partial charge < -0.3 is 9.40 Å². The maximum Gasteiger partial charge on any atom is 0.232 e. The fourth-order valence-corrected chi connectivity index (χ4v) is 5.41. The van der Waals surface area contributed by atoms with Gasteiger partial charge in [0.2, 0.25) is 10.0 Å². The summed E-state index contributed by atoms with van der Waals surface area (Å²) < 4.78 is 33.4. The van der Waals surface area contributed by atoms with Gasteiger partial charge in [0.05, 0.1) is 23.5 Å². The second-order valence-electron chi connectivity index (χ2n) is 7.94. The molecule has 0 bridgehead atoms. The van der Waals surface area contributed by atoms with Crippen molar-refractivity contribution in [2.45, 2.75) is 13.0 Å². The van der Waals surface area contributed by atoms with Crippen LogP contribution >= 0.6 is 0 Å². The standard InChI is InChI=1S/C26H23N3O3S/c1-18(19-9-5-3-6-10-19)29(33(2,30)31)21-13-14-22-23(17-21)32-25(20-11-7-4-8-12-20)24(22)26-27-15-16-28-26/h3-18H,1-2H3,(H,27,28). The number of benzene rings is 3. The molecule has 2 heterocycles. The zero-order chi connectivity index (χ0) is 23.0. The first-order chi connectivity index (χ1) is 15.9. The molecule has 1 atom stereocenters. The largest absolute Gasteiger partial charge is 0.455 e. The summed E-state index contributed by atoms with van der Waals surface area (Å²) in [6.45, 7) is 1.88. The monoisotopic (exact) mass is 457 g/mol. The van der Waals surface area contributed by atoms with Crippen molar-refractivity contribution in [3.63, 3.8) is 0 Å². The van der Waals surface area contributed by atoms with Crippen LogP contribution in [0.2, 0.25) is 0 Å². The summed E-state index contributed by atoms with van der Waals surface area (Å²) in [5.74, 6) is 1.37. The maximum absolute atomic E-state index is 12.8. The number of aromatic nitrogens is 2. The number of aromatic amines is 1. The number of H-pyrrole nitrogens is 1. The minimum Gasteiger partial charge on any atom is -0.455 e. The van der Waals surface area contributed by atoms with Crippen LogP contribution in [0, 0.1) is 0 Å². The smallest absolute Gasteiger partial charge is 0.232 e. The molecule has 0 aliphatic rings. The fourth-order valence-electron chi connectivity index (χ4n) is 4.22. The molecule has 33 heavy (non-hydrogen) atoms. The SMILES string of the molecule is CC(c1ccccc1)N(c1ccc2c(-c3ncc[nH]3)c(-c3ccccc3)oc2c1)S(C)(=O)=O. The van der Waals surface area contributed by atoms with Gasteiger partial charge in [-0.3, -0.25) is 4.31 Å². The van der Waals surface area contributed by atoms with E-state index in [4.69, 9.17) is 4.42 Å². The summed E-state index contributed by atoms with van der Waals surface area (Å²) in [5.41, 5.74) is 3.80. The van der Waals surface area contributed by atoms with Crippen LogP contribution in [0.1, 0.15) is 18.5 Å². The molecule has 0 amide bonds. The van der Waals surface area contributed by atoms with Crippen molar-refractivity contribution in [3.8, 4) is 22.7 Å². The van der Waals surface area contributed by atoms with E-state index in [0.29, 0.717) is 22.9 Å². The topological polar surface area (TPSA) is 79.2 Å². The van der Waals surface area contributed by atoms with Crippen molar-refractivity contribution in [2.24, 2.45) is 0 Å². The first-order valence-corrected chi connectivity index (χ1v) is 12.4. The van der Waals surface area contributed by atoms with Crippen LogP contribution in [0.4, 0.5) is 5.69 Å². The van der Waals surface area contributed by atoms with E-state index in [9.17, 15) is 8.42 Å². The van der Waals surface area contributed by atoms with Gasteiger partial charge in [0.15, 0.2) is 0 Å². The lowest BCUT2D eigenvalue weighted by Crippen LogP contribution is -2.32. The minimum atomic E-state index is -3.56. The Morgan fingerprint density at radius 2 is 1.67 bits per heavy atom. The molecule has 3 aromatic carbocycles. The van der Waals surface area contributed by atoms with E-state index < -0.39 is 10.0 Å². The van der Waals surface area contributed by atoms with Gasteiger partial charge in [-0.15, -0.1) is 0 Å². The Hall–Kier alpha value is -3.84. The molecule has 7 heteroatoms. The summed E-state index contributed by atoms with van der Waals surface area (Å²) in [6, 6.07) is 24.5. The highest BCUT2D eigenvalue weighted by Crippen LogP contribution is 2.41. The van der Waals surface area contributed by atoms with Crippen molar-refractivity contribution in [1.29, 1.82) is 0 Å².